The molecule has 3 aromatic heterocycles. The first-order chi connectivity index (χ1) is 13.1. The molecule has 1 aromatic carbocycles. The van der Waals surface area contributed by atoms with Crippen molar-refractivity contribution in [3.8, 4) is 5.88 Å². The normalized spacial score (nSPS) is 10.7. The summed E-state index contributed by atoms with van der Waals surface area (Å²) in [6.07, 6.45) is 3.35. The molecule has 0 amide bonds. The largest absolute Gasteiger partial charge is 0.480 e. The molecule has 0 fully saturated rings. The Hall–Kier alpha value is -3.88. The molecule has 3 heterocycles. The molecule has 3 N–H and O–H groups in total. The minimum atomic E-state index is -0.489. The van der Waals surface area contributed by atoms with Gasteiger partial charge in [-0.05, 0) is 37.3 Å². The summed E-state index contributed by atoms with van der Waals surface area (Å²) in [5, 5.41) is 6.32. The maximum Gasteiger partial charge on any atom is 0.417 e. The highest BCUT2D eigenvalue weighted by Crippen LogP contribution is 2.25. The molecule has 0 aliphatic carbocycles. The third-order valence-electron chi connectivity index (χ3n) is 3.86. The molecule has 4 rings (SSSR count). The SMILES string of the molecule is COc1ncccc1Nc1ncc(C)c(Nc2ccc3oc(=O)[nH]c3c2)n1. The lowest BCUT2D eigenvalue weighted by Gasteiger charge is -2.12. The summed E-state index contributed by atoms with van der Waals surface area (Å²) in [6.45, 7) is 1.90. The smallest absolute Gasteiger partial charge is 0.417 e. The Balaban J connectivity index is 1.62. The van der Waals surface area contributed by atoms with E-state index in [1.807, 2.05) is 13.0 Å². The van der Waals surface area contributed by atoms with Crippen molar-refractivity contribution in [2.24, 2.45) is 0 Å². The summed E-state index contributed by atoms with van der Waals surface area (Å²) in [7, 11) is 1.55. The maximum absolute atomic E-state index is 11.3. The first-order valence-corrected chi connectivity index (χ1v) is 8.12. The number of hydrogen-bond acceptors (Lipinski definition) is 8. The molecule has 4 aromatic rings. The van der Waals surface area contributed by atoms with Crippen LogP contribution in [0, 0.1) is 6.92 Å². The van der Waals surface area contributed by atoms with Gasteiger partial charge >= 0.3 is 5.76 Å². The van der Waals surface area contributed by atoms with E-state index >= 15 is 0 Å². The van der Waals surface area contributed by atoms with Crippen LogP contribution in [0.5, 0.6) is 5.88 Å². The summed E-state index contributed by atoms with van der Waals surface area (Å²) in [6, 6.07) is 8.91. The monoisotopic (exact) mass is 364 g/mol. The number of nitrogens with zero attached hydrogens (tertiary/aromatic N) is 3. The molecule has 0 saturated heterocycles. The summed E-state index contributed by atoms with van der Waals surface area (Å²) in [5.74, 6) is 0.982. The summed E-state index contributed by atoms with van der Waals surface area (Å²) in [4.78, 5) is 26.9. The van der Waals surface area contributed by atoms with Crippen LogP contribution in [0.15, 0.2) is 51.9 Å². The quantitative estimate of drug-likeness (QED) is 0.494. The zero-order valence-electron chi connectivity index (χ0n) is 14.6. The lowest BCUT2D eigenvalue weighted by atomic mass is 10.2. The van der Waals surface area contributed by atoms with E-state index in [0.29, 0.717) is 34.4 Å². The van der Waals surface area contributed by atoms with Gasteiger partial charge in [0.05, 0.1) is 12.6 Å². The van der Waals surface area contributed by atoms with E-state index in [9.17, 15) is 4.79 Å². The summed E-state index contributed by atoms with van der Waals surface area (Å²) >= 11 is 0. The van der Waals surface area contributed by atoms with Crippen LogP contribution in [0.3, 0.4) is 0 Å². The fraction of sp³-hybridized carbons (Fsp3) is 0.111. The highest BCUT2D eigenvalue weighted by Gasteiger charge is 2.09. The summed E-state index contributed by atoms with van der Waals surface area (Å²) < 4.78 is 10.2. The van der Waals surface area contributed by atoms with Crippen molar-refractivity contribution in [2.75, 3.05) is 17.7 Å². The van der Waals surface area contributed by atoms with E-state index in [2.05, 4.69) is 30.6 Å². The van der Waals surface area contributed by atoms with Crippen LogP contribution in [0.25, 0.3) is 11.1 Å². The first kappa shape index (κ1) is 16.6. The van der Waals surface area contributed by atoms with Gasteiger partial charge in [0, 0.05) is 23.6 Å². The molecule has 136 valence electrons. The number of aryl methyl sites for hydroxylation is 1. The molecule has 0 radical (unpaired) electrons. The fourth-order valence-electron chi connectivity index (χ4n) is 2.56. The van der Waals surface area contributed by atoms with E-state index in [4.69, 9.17) is 9.15 Å². The van der Waals surface area contributed by atoms with Crippen molar-refractivity contribution >= 4 is 34.2 Å². The molecule has 27 heavy (non-hydrogen) atoms. The molecule has 0 spiro atoms. The number of rotatable bonds is 5. The second kappa shape index (κ2) is 6.79. The standard InChI is InChI=1S/C18H16N6O3/c1-10-9-20-17(22-12-4-3-7-19-16(12)26-2)24-15(10)21-11-5-6-14-13(8-11)23-18(25)27-14/h3-9H,1-2H3,(H,23,25)(H2,20,21,22,24). The van der Waals surface area contributed by atoms with Gasteiger partial charge in [-0.2, -0.15) is 4.98 Å². The number of ether oxygens (including phenoxy) is 1. The zero-order chi connectivity index (χ0) is 18.8. The van der Waals surface area contributed by atoms with Gasteiger partial charge in [-0.1, -0.05) is 0 Å². The minimum absolute atomic E-state index is 0.396. The molecular weight excluding hydrogens is 348 g/mol. The van der Waals surface area contributed by atoms with Crippen LogP contribution in [-0.2, 0) is 0 Å². The third-order valence-corrected chi connectivity index (χ3v) is 3.86. The van der Waals surface area contributed by atoms with Crippen LogP contribution in [-0.4, -0.2) is 27.0 Å². The van der Waals surface area contributed by atoms with Crippen molar-refractivity contribution in [1.29, 1.82) is 0 Å². The lowest BCUT2D eigenvalue weighted by Crippen LogP contribution is -2.04. The fourth-order valence-corrected chi connectivity index (χ4v) is 2.56. The Labute approximate surface area is 153 Å². The van der Waals surface area contributed by atoms with Crippen molar-refractivity contribution in [1.82, 2.24) is 19.9 Å². The number of nitrogens with one attached hydrogen (secondary N) is 3. The van der Waals surface area contributed by atoms with E-state index in [1.165, 1.54) is 0 Å². The van der Waals surface area contributed by atoms with Gasteiger partial charge in [-0.3, -0.25) is 4.98 Å². The van der Waals surface area contributed by atoms with E-state index < -0.39 is 5.76 Å². The van der Waals surface area contributed by atoms with Crippen molar-refractivity contribution in [3.63, 3.8) is 0 Å². The number of aromatic amines is 1. The second-order valence-electron chi connectivity index (χ2n) is 5.76. The van der Waals surface area contributed by atoms with Crippen molar-refractivity contribution in [2.45, 2.75) is 6.92 Å². The van der Waals surface area contributed by atoms with E-state index in [0.717, 1.165) is 11.3 Å². The predicted octanol–water partition coefficient (Wildman–Crippen LogP) is 3.11. The molecule has 0 aliphatic rings. The van der Waals surface area contributed by atoms with Crippen LogP contribution < -0.4 is 21.1 Å². The molecule has 0 aliphatic heterocycles. The van der Waals surface area contributed by atoms with Crippen molar-refractivity contribution < 1.29 is 9.15 Å². The van der Waals surface area contributed by atoms with Gasteiger partial charge in [-0.15, -0.1) is 0 Å². The van der Waals surface area contributed by atoms with Gasteiger partial charge in [0.15, 0.2) is 5.58 Å². The average Bonchev–Trinajstić information content (AvgIpc) is 3.04. The Kier molecular flexibility index (Phi) is 4.17. The molecule has 0 atom stereocenters. The number of fused-ring (bicyclic) bond motifs is 1. The third kappa shape index (κ3) is 3.43. The Morgan fingerprint density at radius 1 is 1.19 bits per heavy atom. The highest BCUT2D eigenvalue weighted by atomic mass is 16.5. The van der Waals surface area contributed by atoms with E-state index in [-0.39, 0.29) is 0 Å². The second-order valence-corrected chi connectivity index (χ2v) is 5.76. The Morgan fingerprint density at radius 2 is 2.07 bits per heavy atom. The molecular formula is C18H16N6O3. The molecule has 0 unspecified atom stereocenters. The van der Waals surface area contributed by atoms with Crippen LogP contribution >= 0.6 is 0 Å². The number of hydrogen-bond donors (Lipinski definition) is 3. The molecule has 9 heteroatoms. The van der Waals surface area contributed by atoms with Gasteiger partial charge in [-0.25, -0.2) is 14.8 Å². The zero-order valence-corrected chi connectivity index (χ0v) is 14.6. The molecule has 0 saturated carbocycles. The number of aromatic nitrogens is 4. The van der Waals surface area contributed by atoms with Crippen LogP contribution in [0.2, 0.25) is 0 Å². The number of anilines is 4. The van der Waals surface area contributed by atoms with E-state index in [1.54, 1.807) is 43.8 Å². The number of oxazole rings is 1. The first-order valence-electron chi connectivity index (χ1n) is 8.12. The maximum atomic E-state index is 11.3. The van der Waals surface area contributed by atoms with Crippen LogP contribution in [0.4, 0.5) is 23.1 Å². The minimum Gasteiger partial charge on any atom is -0.480 e. The number of H-pyrrole nitrogens is 1. The Morgan fingerprint density at radius 3 is 2.93 bits per heavy atom. The van der Waals surface area contributed by atoms with Gasteiger partial charge < -0.3 is 19.8 Å². The highest BCUT2D eigenvalue weighted by molar-refractivity contribution is 5.78. The molecule has 9 nitrogen and oxygen atoms in total. The van der Waals surface area contributed by atoms with Gasteiger partial charge in [0.2, 0.25) is 11.8 Å². The average molecular weight is 364 g/mol. The number of benzene rings is 1. The van der Waals surface area contributed by atoms with Crippen molar-refractivity contribution in [3.05, 3.63) is 58.8 Å². The lowest BCUT2D eigenvalue weighted by molar-refractivity contribution is 0.400. The Bertz CT molecular complexity index is 1170. The molecule has 0 bridgehead atoms. The number of methoxy groups -OCH3 is 1. The van der Waals surface area contributed by atoms with Gasteiger partial charge in [0.25, 0.3) is 0 Å². The number of pyridine rings is 1. The summed E-state index contributed by atoms with van der Waals surface area (Å²) in [5.41, 5.74) is 3.38. The van der Waals surface area contributed by atoms with Crippen LogP contribution in [0.1, 0.15) is 5.56 Å². The topological polar surface area (TPSA) is 118 Å². The predicted molar refractivity (Wildman–Crippen MR) is 101 cm³/mol. The van der Waals surface area contributed by atoms with Gasteiger partial charge in [0.1, 0.15) is 11.5 Å².